The smallest absolute Gasteiger partial charge is 0.410 e. The van der Waals surface area contributed by atoms with Gasteiger partial charge in [-0.05, 0) is 30.7 Å². The van der Waals surface area contributed by atoms with Crippen molar-refractivity contribution in [2.24, 2.45) is 5.73 Å². The van der Waals surface area contributed by atoms with Crippen LogP contribution >= 0.6 is 0 Å². The van der Waals surface area contributed by atoms with E-state index >= 15 is 0 Å². The Hall–Kier alpha value is -2.60. The number of para-hydroxylation sites is 1. The van der Waals surface area contributed by atoms with Crippen LogP contribution in [0.3, 0.4) is 0 Å². The van der Waals surface area contributed by atoms with E-state index in [1.165, 1.54) is 19.2 Å². The van der Waals surface area contributed by atoms with Gasteiger partial charge in [-0.25, -0.2) is 9.18 Å². The second-order valence-electron chi connectivity index (χ2n) is 6.38. The number of ether oxygens (including phenoxy) is 2. The highest BCUT2D eigenvalue weighted by molar-refractivity contribution is 5.70. The van der Waals surface area contributed by atoms with Crippen molar-refractivity contribution < 1.29 is 18.7 Å². The molecule has 1 saturated heterocycles. The first-order valence-corrected chi connectivity index (χ1v) is 8.26. The second kappa shape index (κ2) is 6.04. The zero-order chi connectivity index (χ0) is 17.6. The highest BCUT2D eigenvalue weighted by Gasteiger charge is 2.48. The Bertz CT molecular complexity index is 826. The average molecular weight is 342 g/mol. The molecule has 2 aliphatic rings. The molecule has 1 amide bonds. The molecule has 2 aliphatic heterocycles. The van der Waals surface area contributed by atoms with E-state index in [0.717, 1.165) is 11.3 Å². The van der Waals surface area contributed by atoms with Gasteiger partial charge >= 0.3 is 6.09 Å². The first-order chi connectivity index (χ1) is 12.1. The second-order valence-corrected chi connectivity index (χ2v) is 6.38. The van der Waals surface area contributed by atoms with Gasteiger partial charge in [-0.3, -0.25) is 4.90 Å². The van der Waals surface area contributed by atoms with E-state index in [4.69, 9.17) is 15.2 Å². The fraction of sp³-hybridized carbons (Fsp3) is 0.316. The number of halogens is 1. The molecule has 0 bridgehead atoms. The summed E-state index contributed by atoms with van der Waals surface area (Å²) in [5, 5.41) is 0. The molecule has 0 unspecified atom stereocenters. The maximum absolute atomic E-state index is 14.0. The number of hydrogen-bond donors (Lipinski definition) is 1. The minimum atomic E-state index is -0.461. The summed E-state index contributed by atoms with van der Waals surface area (Å²) >= 11 is 0. The number of amides is 1. The van der Waals surface area contributed by atoms with Crippen molar-refractivity contribution in [2.75, 3.05) is 13.7 Å². The minimum Gasteiger partial charge on any atom is -0.457 e. The summed E-state index contributed by atoms with van der Waals surface area (Å²) in [4.78, 5) is 14.1. The highest BCUT2D eigenvalue weighted by atomic mass is 19.1. The van der Waals surface area contributed by atoms with Crippen molar-refractivity contribution in [3.63, 3.8) is 0 Å². The lowest BCUT2D eigenvalue weighted by atomic mass is 9.87. The Morgan fingerprint density at radius 2 is 2.04 bits per heavy atom. The third-order valence-electron chi connectivity index (χ3n) is 5.09. The SMILES string of the molecule is COC(=O)N1[C@@H](CN)C[C@@H]2c3ccccc3Oc3ccc(F)cc3[C@H]21. The quantitative estimate of drug-likeness (QED) is 0.861. The number of benzene rings is 2. The molecule has 5 nitrogen and oxygen atoms in total. The molecule has 130 valence electrons. The standard InChI is InChI=1S/C19H19FN2O3/c1-24-19(23)22-12(10-21)9-14-13-4-2-3-5-16(13)25-17-7-6-11(20)8-15(17)18(14)22/h2-8,12,14,18H,9-10,21H2,1H3/t12-,14-,18+/m1/s1. The Kier molecular flexibility index (Phi) is 3.84. The largest absolute Gasteiger partial charge is 0.457 e. The van der Waals surface area contributed by atoms with Gasteiger partial charge in [-0.15, -0.1) is 0 Å². The molecule has 6 heteroatoms. The summed E-state index contributed by atoms with van der Waals surface area (Å²) in [5.74, 6) is 0.873. The molecular formula is C19H19FN2O3. The van der Waals surface area contributed by atoms with Crippen molar-refractivity contribution in [1.82, 2.24) is 4.90 Å². The van der Waals surface area contributed by atoms with E-state index in [0.29, 0.717) is 24.3 Å². The molecule has 25 heavy (non-hydrogen) atoms. The molecular weight excluding hydrogens is 323 g/mol. The maximum atomic E-state index is 14.0. The zero-order valence-electron chi connectivity index (χ0n) is 13.8. The van der Waals surface area contributed by atoms with Crippen LogP contribution in [0.25, 0.3) is 0 Å². The molecule has 0 spiro atoms. The van der Waals surface area contributed by atoms with E-state index < -0.39 is 6.09 Å². The van der Waals surface area contributed by atoms with Crippen LogP contribution in [-0.2, 0) is 4.74 Å². The summed E-state index contributed by atoms with van der Waals surface area (Å²) < 4.78 is 25.0. The molecule has 0 aliphatic carbocycles. The van der Waals surface area contributed by atoms with Crippen LogP contribution < -0.4 is 10.5 Å². The van der Waals surface area contributed by atoms with Crippen LogP contribution in [-0.4, -0.2) is 30.7 Å². The van der Waals surface area contributed by atoms with Gasteiger partial charge in [0.1, 0.15) is 17.3 Å². The lowest BCUT2D eigenvalue weighted by molar-refractivity contribution is 0.102. The van der Waals surface area contributed by atoms with Crippen LogP contribution in [0.1, 0.15) is 29.5 Å². The van der Waals surface area contributed by atoms with Gasteiger partial charge in [0.2, 0.25) is 0 Å². The summed E-state index contributed by atoms with van der Waals surface area (Å²) in [6, 6.07) is 11.6. The number of carbonyl (C=O) groups excluding carboxylic acids is 1. The van der Waals surface area contributed by atoms with Gasteiger partial charge in [0.25, 0.3) is 0 Å². The minimum absolute atomic E-state index is 0.0353. The molecule has 2 N–H and O–H groups in total. The summed E-state index contributed by atoms with van der Waals surface area (Å²) in [6.07, 6.45) is 0.213. The van der Waals surface area contributed by atoms with Crippen molar-refractivity contribution in [2.45, 2.75) is 24.4 Å². The Morgan fingerprint density at radius 3 is 2.80 bits per heavy atom. The lowest BCUT2D eigenvalue weighted by Gasteiger charge is -2.30. The summed E-state index contributed by atoms with van der Waals surface area (Å²) in [6.45, 7) is 0.315. The van der Waals surface area contributed by atoms with Crippen molar-refractivity contribution in [1.29, 1.82) is 0 Å². The Balaban J connectivity index is 1.94. The Morgan fingerprint density at radius 1 is 1.28 bits per heavy atom. The number of carbonyl (C=O) groups is 1. The molecule has 0 saturated carbocycles. The fourth-order valence-corrected chi connectivity index (χ4v) is 4.04. The van der Waals surface area contributed by atoms with Crippen molar-refractivity contribution >= 4 is 6.09 Å². The maximum Gasteiger partial charge on any atom is 0.410 e. The van der Waals surface area contributed by atoms with Crippen LogP contribution in [0, 0.1) is 5.82 Å². The van der Waals surface area contributed by atoms with Crippen LogP contribution in [0.4, 0.5) is 9.18 Å². The third-order valence-corrected chi connectivity index (χ3v) is 5.09. The van der Waals surface area contributed by atoms with Gasteiger partial charge < -0.3 is 15.2 Å². The van der Waals surface area contributed by atoms with E-state index in [1.54, 1.807) is 11.0 Å². The molecule has 1 fully saturated rings. The first-order valence-electron chi connectivity index (χ1n) is 8.26. The van der Waals surface area contributed by atoms with E-state index in [9.17, 15) is 9.18 Å². The van der Waals surface area contributed by atoms with Crippen LogP contribution in [0.2, 0.25) is 0 Å². The van der Waals surface area contributed by atoms with E-state index in [1.807, 2.05) is 24.3 Å². The highest BCUT2D eigenvalue weighted by Crippen LogP contribution is 2.54. The normalized spacial score (nSPS) is 23.8. The molecule has 2 heterocycles. The predicted molar refractivity (Wildman–Crippen MR) is 90.1 cm³/mol. The zero-order valence-corrected chi connectivity index (χ0v) is 13.8. The van der Waals surface area contributed by atoms with E-state index in [2.05, 4.69) is 0 Å². The first kappa shape index (κ1) is 15.9. The van der Waals surface area contributed by atoms with E-state index in [-0.39, 0.29) is 23.8 Å². The van der Waals surface area contributed by atoms with Gasteiger partial charge in [-0.1, -0.05) is 18.2 Å². The molecule has 3 atom stereocenters. The lowest BCUT2D eigenvalue weighted by Crippen LogP contribution is -2.41. The molecule has 2 aromatic carbocycles. The van der Waals surface area contributed by atoms with Crippen LogP contribution in [0.5, 0.6) is 11.5 Å². The Labute approximate surface area is 145 Å². The number of nitrogens with two attached hydrogens (primary N) is 1. The molecule has 0 radical (unpaired) electrons. The number of nitrogens with zero attached hydrogens (tertiary/aromatic N) is 1. The number of hydrogen-bond acceptors (Lipinski definition) is 4. The monoisotopic (exact) mass is 342 g/mol. The summed E-state index contributed by atoms with van der Waals surface area (Å²) in [5.41, 5.74) is 7.56. The summed E-state index contributed by atoms with van der Waals surface area (Å²) in [7, 11) is 1.34. The third kappa shape index (κ3) is 2.44. The van der Waals surface area contributed by atoms with Gasteiger partial charge in [0, 0.05) is 29.6 Å². The number of methoxy groups -OCH3 is 1. The molecule has 2 aromatic rings. The number of rotatable bonds is 1. The molecule has 0 aromatic heterocycles. The number of fused-ring (bicyclic) bond motifs is 5. The van der Waals surface area contributed by atoms with Gasteiger partial charge in [0.05, 0.1) is 13.2 Å². The predicted octanol–water partition coefficient (Wildman–Crippen LogP) is 3.56. The fourth-order valence-electron chi connectivity index (χ4n) is 4.04. The van der Waals surface area contributed by atoms with Crippen molar-refractivity contribution in [3.05, 3.63) is 59.4 Å². The average Bonchev–Trinajstić information content (AvgIpc) is 2.96. The topological polar surface area (TPSA) is 64.8 Å². The van der Waals surface area contributed by atoms with Crippen LogP contribution in [0.15, 0.2) is 42.5 Å². The van der Waals surface area contributed by atoms with Gasteiger partial charge in [-0.2, -0.15) is 0 Å². The van der Waals surface area contributed by atoms with Crippen molar-refractivity contribution in [3.8, 4) is 11.5 Å². The number of likely N-dealkylation sites (tertiary alicyclic amines) is 1. The van der Waals surface area contributed by atoms with Gasteiger partial charge in [0.15, 0.2) is 0 Å². The molecule has 4 rings (SSSR count).